The fourth-order valence-corrected chi connectivity index (χ4v) is 4.52. The number of hydrogen-bond acceptors (Lipinski definition) is 8. The van der Waals surface area contributed by atoms with Gasteiger partial charge in [-0.25, -0.2) is 0 Å². The number of ether oxygens (including phenoxy) is 1. The van der Waals surface area contributed by atoms with Gasteiger partial charge in [0.1, 0.15) is 5.04 Å². The normalized spacial score (nSPS) is 17.1. The summed E-state index contributed by atoms with van der Waals surface area (Å²) < 4.78 is 33.4. The molecule has 2 heterocycles. The quantitative estimate of drug-likeness (QED) is 0.493. The minimum Gasteiger partial charge on any atom is -0.490 e. The number of hydrogen-bond donors (Lipinski definition) is 1. The predicted octanol–water partition coefficient (Wildman–Crippen LogP) is 3.40. The summed E-state index contributed by atoms with van der Waals surface area (Å²) in [6, 6.07) is 12.3. The Morgan fingerprint density at radius 1 is 1.18 bits per heavy atom. The molecule has 1 N–H and O–H groups in total. The molecule has 0 atom stereocenters. The van der Waals surface area contributed by atoms with Crippen LogP contribution < -0.4 is 8.92 Å². The predicted molar refractivity (Wildman–Crippen MR) is 128 cm³/mol. The first-order valence-electron chi connectivity index (χ1n) is 9.88. The van der Waals surface area contributed by atoms with Gasteiger partial charge in [-0.05, 0) is 55.4 Å². The molecule has 1 amide bonds. The monoisotopic (exact) mass is 484 g/mol. The van der Waals surface area contributed by atoms with Crippen molar-refractivity contribution < 1.29 is 22.1 Å². The lowest BCUT2D eigenvalue weighted by Crippen LogP contribution is -2.35. The van der Waals surface area contributed by atoms with Gasteiger partial charge < -0.3 is 8.92 Å². The molecule has 0 saturated heterocycles. The third-order valence-electron chi connectivity index (χ3n) is 4.54. The average Bonchev–Trinajstić information content (AvgIpc) is 3.16. The second-order valence-corrected chi connectivity index (χ2v) is 9.75. The van der Waals surface area contributed by atoms with Crippen LogP contribution in [0.2, 0.25) is 0 Å². The summed E-state index contributed by atoms with van der Waals surface area (Å²) in [7, 11) is -3.74. The fourth-order valence-electron chi connectivity index (χ4n) is 3.17. The molecule has 2 aromatic rings. The molecule has 0 spiro atoms. The summed E-state index contributed by atoms with van der Waals surface area (Å²) in [4.78, 5) is 16.8. The molecule has 0 aromatic heterocycles. The number of fused-ring (bicyclic) bond motifs is 1. The molecule has 9 nitrogen and oxygen atoms in total. The van der Waals surface area contributed by atoms with E-state index >= 15 is 0 Å². The standard InChI is InChI=1S/C22H20N4O5S2/c1-4-30-18-12-14(8-9-17(18)31-33(3,28)29)11-16-19(23)26-22(24-20(16)27)32-21(25-26)15-7-5-6-13(2)10-15/h5-12,23H,4H2,1-3H3/b16-11+,23-19?. The molecular formula is C22H20N4O5S2. The molecule has 0 radical (unpaired) electrons. The van der Waals surface area contributed by atoms with Crippen molar-refractivity contribution in [3.63, 3.8) is 0 Å². The number of amidine groups is 2. The van der Waals surface area contributed by atoms with Crippen LogP contribution >= 0.6 is 11.8 Å². The Bertz CT molecular complexity index is 1360. The van der Waals surface area contributed by atoms with Crippen molar-refractivity contribution in [1.82, 2.24) is 5.01 Å². The first-order valence-corrected chi connectivity index (χ1v) is 12.5. The number of amides is 1. The molecule has 2 aliphatic rings. The third-order valence-corrected chi connectivity index (χ3v) is 5.98. The highest BCUT2D eigenvalue weighted by Gasteiger charge is 2.36. The number of hydrazone groups is 1. The van der Waals surface area contributed by atoms with E-state index < -0.39 is 16.0 Å². The molecule has 0 aliphatic carbocycles. The van der Waals surface area contributed by atoms with Crippen LogP contribution in [-0.2, 0) is 14.9 Å². The number of nitrogens with one attached hydrogen (secondary N) is 1. The average molecular weight is 485 g/mol. The first-order chi connectivity index (χ1) is 15.6. The van der Waals surface area contributed by atoms with E-state index in [2.05, 4.69) is 10.1 Å². The Morgan fingerprint density at radius 3 is 2.67 bits per heavy atom. The van der Waals surface area contributed by atoms with Crippen LogP contribution in [0.4, 0.5) is 0 Å². The maximum atomic E-state index is 12.7. The van der Waals surface area contributed by atoms with Crippen molar-refractivity contribution in [2.24, 2.45) is 10.1 Å². The molecule has 11 heteroatoms. The van der Waals surface area contributed by atoms with Crippen molar-refractivity contribution in [3.8, 4) is 11.5 Å². The summed E-state index contributed by atoms with van der Waals surface area (Å²) in [5.74, 6) is -0.425. The lowest BCUT2D eigenvalue weighted by molar-refractivity contribution is -0.114. The number of aryl methyl sites for hydroxylation is 1. The third kappa shape index (κ3) is 4.99. The zero-order valence-electron chi connectivity index (χ0n) is 18.0. The van der Waals surface area contributed by atoms with E-state index in [4.69, 9.17) is 14.3 Å². The van der Waals surface area contributed by atoms with Crippen molar-refractivity contribution in [1.29, 1.82) is 5.41 Å². The van der Waals surface area contributed by atoms with Gasteiger partial charge in [0.25, 0.3) is 5.91 Å². The van der Waals surface area contributed by atoms with Crippen molar-refractivity contribution in [3.05, 3.63) is 64.7 Å². The van der Waals surface area contributed by atoms with E-state index in [1.807, 2.05) is 31.2 Å². The van der Waals surface area contributed by atoms with Crippen molar-refractivity contribution in [2.75, 3.05) is 12.9 Å². The van der Waals surface area contributed by atoms with Gasteiger partial charge in [-0.3, -0.25) is 10.2 Å². The fraction of sp³-hybridized carbons (Fsp3) is 0.182. The van der Waals surface area contributed by atoms with Crippen LogP contribution in [0.5, 0.6) is 11.5 Å². The van der Waals surface area contributed by atoms with Crippen LogP contribution in [0.3, 0.4) is 0 Å². The van der Waals surface area contributed by atoms with Gasteiger partial charge >= 0.3 is 10.1 Å². The van der Waals surface area contributed by atoms with Crippen molar-refractivity contribution >= 4 is 49.9 Å². The zero-order valence-corrected chi connectivity index (χ0v) is 19.7. The topological polar surface area (TPSA) is 121 Å². The van der Waals surface area contributed by atoms with Gasteiger partial charge in [0.15, 0.2) is 17.3 Å². The molecule has 0 bridgehead atoms. The summed E-state index contributed by atoms with van der Waals surface area (Å²) in [6.45, 7) is 4.01. The van der Waals surface area contributed by atoms with Gasteiger partial charge in [0.05, 0.1) is 18.4 Å². The van der Waals surface area contributed by atoms with E-state index in [-0.39, 0.29) is 29.5 Å². The number of carbonyl (C=O) groups is 1. The van der Waals surface area contributed by atoms with E-state index in [0.29, 0.717) is 15.8 Å². The van der Waals surface area contributed by atoms with Gasteiger partial charge in [-0.15, -0.1) is 0 Å². The number of nitrogens with zero attached hydrogens (tertiary/aromatic N) is 3. The minimum absolute atomic E-state index is 0.0372. The summed E-state index contributed by atoms with van der Waals surface area (Å²) in [6.07, 6.45) is 2.43. The summed E-state index contributed by atoms with van der Waals surface area (Å²) >= 11 is 1.23. The van der Waals surface area contributed by atoms with E-state index in [1.54, 1.807) is 13.0 Å². The number of thioether (sulfide) groups is 1. The van der Waals surface area contributed by atoms with E-state index in [1.165, 1.54) is 35.0 Å². The van der Waals surface area contributed by atoms with Crippen LogP contribution in [0.15, 0.2) is 58.1 Å². The Kier molecular flexibility index (Phi) is 6.09. The van der Waals surface area contributed by atoms with E-state index in [0.717, 1.165) is 17.4 Å². The number of carbonyl (C=O) groups excluding carboxylic acids is 1. The lowest BCUT2D eigenvalue weighted by atomic mass is 10.1. The molecule has 2 aromatic carbocycles. The van der Waals surface area contributed by atoms with Gasteiger partial charge in [0.2, 0.25) is 5.17 Å². The number of benzene rings is 2. The highest BCUT2D eigenvalue weighted by molar-refractivity contribution is 8.27. The van der Waals surface area contributed by atoms with Crippen LogP contribution in [0, 0.1) is 12.3 Å². The molecule has 33 heavy (non-hydrogen) atoms. The number of aliphatic imine (C=N–C) groups is 1. The van der Waals surface area contributed by atoms with Gasteiger partial charge in [-0.1, -0.05) is 29.8 Å². The molecule has 0 saturated carbocycles. The molecule has 0 unspecified atom stereocenters. The van der Waals surface area contributed by atoms with Crippen molar-refractivity contribution in [2.45, 2.75) is 13.8 Å². The zero-order chi connectivity index (χ0) is 23.8. The summed E-state index contributed by atoms with van der Waals surface area (Å²) in [5.41, 5.74) is 2.52. The second-order valence-electron chi connectivity index (χ2n) is 7.22. The van der Waals surface area contributed by atoms with Crippen LogP contribution in [-0.4, -0.2) is 48.2 Å². The molecular weight excluding hydrogens is 464 g/mol. The highest BCUT2D eigenvalue weighted by atomic mass is 32.2. The first kappa shape index (κ1) is 22.7. The highest BCUT2D eigenvalue weighted by Crippen LogP contribution is 2.33. The molecule has 4 rings (SSSR count). The Labute approximate surface area is 195 Å². The van der Waals surface area contributed by atoms with Crippen LogP contribution in [0.1, 0.15) is 23.6 Å². The minimum atomic E-state index is -3.74. The Hall–Kier alpha value is -3.44. The number of rotatable bonds is 6. The van der Waals surface area contributed by atoms with Crippen LogP contribution in [0.25, 0.3) is 6.08 Å². The second kappa shape index (κ2) is 8.83. The molecule has 0 fully saturated rings. The smallest absolute Gasteiger partial charge is 0.306 e. The Morgan fingerprint density at radius 2 is 1.97 bits per heavy atom. The largest absolute Gasteiger partial charge is 0.490 e. The lowest BCUT2D eigenvalue weighted by Gasteiger charge is -2.20. The van der Waals surface area contributed by atoms with E-state index in [9.17, 15) is 13.2 Å². The van der Waals surface area contributed by atoms with Gasteiger partial charge in [0, 0.05) is 5.56 Å². The molecule has 2 aliphatic heterocycles. The van der Waals surface area contributed by atoms with Gasteiger partial charge in [-0.2, -0.15) is 23.5 Å². The Balaban J connectivity index is 1.67. The summed E-state index contributed by atoms with van der Waals surface area (Å²) in [5, 5.41) is 15.3. The maximum absolute atomic E-state index is 12.7. The molecule has 170 valence electrons. The maximum Gasteiger partial charge on any atom is 0.306 e. The SMILES string of the molecule is CCOc1cc(/C=C2\C(=N)N3N=C(c4cccc(C)c4)SC3=NC2=O)ccc1OS(C)(=O)=O.